The highest BCUT2D eigenvalue weighted by Gasteiger charge is 2.14. The molecule has 0 saturated heterocycles. The van der Waals surface area contributed by atoms with E-state index < -0.39 is 0 Å². The molecule has 150 valence electrons. The number of carbonyl (C=O) groups is 1. The molecule has 3 aromatic rings. The van der Waals surface area contributed by atoms with Gasteiger partial charge in [-0.1, -0.05) is 72.8 Å². The summed E-state index contributed by atoms with van der Waals surface area (Å²) in [7, 11) is 1.60. The molecule has 0 bridgehead atoms. The van der Waals surface area contributed by atoms with E-state index in [2.05, 4.69) is 34.9 Å². The molecule has 0 atom stereocenters. The first-order valence-corrected chi connectivity index (χ1v) is 9.63. The summed E-state index contributed by atoms with van der Waals surface area (Å²) in [5.74, 6) is 1.26. The third-order valence-corrected chi connectivity index (χ3v) is 4.48. The molecule has 0 spiro atoms. The van der Waals surface area contributed by atoms with Crippen molar-refractivity contribution in [2.75, 3.05) is 26.8 Å². The summed E-state index contributed by atoms with van der Waals surface area (Å²) in [5, 5.41) is 6.24. The number of carbonyl (C=O) groups excluding carboxylic acids is 1. The predicted molar refractivity (Wildman–Crippen MR) is 114 cm³/mol. The molecule has 3 aromatic carbocycles. The molecule has 0 aromatic heterocycles. The maximum Gasteiger partial charge on any atom is 0.234 e. The molecule has 0 saturated carbocycles. The van der Waals surface area contributed by atoms with Crippen LogP contribution in [0.4, 0.5) is 0 Å². The van der Waals surface area contributed by atoms with Gasteiger partial charge >= 0.3 is 0 Å². The summed E-state index contributed by atoms with van der Waals surface area (Å²) >= 11 is 0. The first-order valence-electron chi connectivity index (χ1n) is 9.63. The van der Waals surface area contributed by atoms with Gasteiger partial charge < -0.3 is 14.8 Å². The van der Waals surface area contributed by atoms with E-state index in [0.717, 1.165) is 11.1 Å². The van der Waals surface area contributed by atoms with Crippen LogP contribution in [-0.2, 0) is 4.79 Å². The zero-order chi connectivity index (χ0) is 20.3. The summed E-state index contributed by atoms with van der Waals surface area (Å²) in [5.41, 5.74) is 2.23. The van der Waals surface area contributed by atoms with Crippen molar-refractivity contribution in [2.24, 2.45) is 0 Å². The third kappa shape index (κ3) is 6.09. The van der Waals surface area contributed by atoms with Crippen molar-refractivity contribution < 1.29 is 14.3 Å². The van der Waals surface area contributed by atoms with E-state index in [0.29, 0.717) is 24.7 Å². The van der Waals surface area contributed by atoms with Gasteiger partial charge in [0.25, 0.3) is 0 Å². The number of rotatable bonds is 10. The Hall–Kier alpha value is -3.31. The van der Waals surface area contributed by atoms with Gasteiger partial charge in [0.05, 0.1) is 26.2 Å². The van der Waals surface area contributed by atoms with Gasteiger partial charge in [-0.05, 0) is 23.3 Å². The highest BCUT2D eigenvalue weighted by atomic mass is 16.5. The van der Waals surface area contributed by atoms with Crippen LogP contribution in [0.15, 0.2) is 84.9 Å². The highest BCUT2D eigenvalue weighted by molar-refractivity contribution is 5.78. The van der Waals surface area contributed by atoms with E-state index in [9.17, 15) is 4.79 Å². The van der Waals surface area contributed by atoms with Crippen LogP contribution in [0.2, 0.25) is 0 Å². The van der Waals surface area contributed by atoms with Gasteiger partial charge in [0.2, 0.25) is 5.91 Å². The van der Waals surface area contributed by atoms with Crippen molar-refractivity contribution in [3.8, 4) is 11.5 Å². The molecule has 1 amide bonds. The fourth-order valence-electron chi connectivity index (χ4n) is 3.07. The van der Waals surface area contributed by atoms with Gasteiger partial charge in [0.1, 0.15) is 6.61 Å². The summed E-state index contributed by atoms with van der Waals surface area (Å²) in [6, 6.07) is 27.6. The molecule has 0 radical (unpaired) electrons. The maximum atomic E-state index is 12.3. The Kier molecular flexibility index (Phi) is 7.66. The average molecular weight is 390 g/mol. The number of para-hydroxylation sites is 2. The Morgan fingerprint density at radius 1 is 0.828 bits per heavy atom. The second-order valence-corrected chi connectivity index (χ2v) is 6.48. The lowest BCUT2D eigenvalue weighted by molar-refractivity contribution is -0.120. The van der Waals surface area contributed by atoms with Gasteiger partial charge in [0, 0.05) is 0 Å². The molecule has 0 fully saturated rings. The molecule has 0 unspecified atom stereocenters. The molecule has 0 aliphatic carbocycles. The smallest absolute Gasteiger partial charge is 0.234 e. The SMILES string of the molecule is COc1ccccc1OCCNC(=O)CNC(c1ccccc1)c1ccccc1. The van der Waals surface area contributed by atoms with Crippen LogP contribution >= 0.6 is 0 Å². The van der Waals surface area contributed by atoms with E-state index in [1.165, 1.54) is 0 Å². The average Bonchev–Trinajstić information content (AvgIpc) is 2.78. The van der Waals surface area contributed by atoms with Gasteiger partial charge in [-0.2, -0.15) is 0 Å². The van der Waals surface area contributed by atoms with Gasteiger partial charge in [-0.3, -0.25) is 10.1 Å². The van der Waals surface area contributed by atoms with Crippen LogP contribution in [0.1, 0.15) is 17.2 Å². The lowest BCUT2D eigenvalue weighted by atomic mass is 9.99. The zero-order valence-electron chi connectivity index (χ0n) is 16.5. The minimum Gasteiger partial charge on any atom is -0.493 e. The van der Waals surface area contributed by atoms with E-state index in [1.807, 2.05) is 60.7 Å². The van der Waals surface area contributed by atoms with Crippen LogP contribution in [0.5, 0.6) is 11.5 Å². The Morgan fingerprint density at radius 2 is 1.38 bits per heavy atom. The molecule has 0 heterocycles. The Bertz CT molecular complexity index is 845. The molecule has 29 heavy (non-hydrogen) atoms. The molecule has 5 heteroatoms. The summed E-state index contributed by atoms with van der Waals surface area (Å²) in [6.07, 6.45) is 0. The Morgan fingerprint density at radius 3 is 1.97 bits per heavy atom. The lowest BCUT2D eigenvalue weighted by Crippen LogP contribution is -2.37. The van der Waals surface area contributed by atoms with Crippen molar-refractivity contribution in [1.29, 1.82) is 0 Å². The second kappa shape index (κ2) is 10.9. The number of amides is 1. The van der Waals surface area contributed by atoms with Crippen molar-refractivity contribution >= 4 is 5.91 Å². The number of methoxy groups -OCH3 is 1. The summed E-state index contributed by atoms with van der Waals surface area (Å²) in [6.45, 7) is 0.996. The minimum atomic E-state index is -0.0783. The number of ether oxygens (including phenoxy) is 2. The van der Waals surface area contributed by atoms with E-state index in [-0.39, 0.29) is 18.5 Å². The van der Waals surface area contributed by atoms with Crippen molar-refractivity contribution in [3.05, 3.63) is 96.1 Å². The number of benzene rings is 3. The number of hydrogen-bond acceptors (Lipinski definition) is 4. The van der Waals surface area contributed by atoms with E-state index >= 15 is 0 Å². The molecule has 3 rings (SSSR count). The highest BCUT2D eigenvalue weighted by Crippen LogP contribution is 2.25. The largest absolute Gasteiger partial charge is 0.493 e. The van der Waals surface area contributed by atoms with E-state index in [4.69, 9.17) is 9.47 Å². The third-order valence-electron chi connectivity index (χ3n) is 4.48. The van der Waals surface area contributed by atoms with Crippen molar-refractivity contribution in [2.45, 2.75) is 6.04 Å². The number of nitrogens with one attached hydrogen (secondary N) is 2. The maximum absolute atomic E-state index is 12.3. The van der Waals surface area contributed by atoms with E-state index in [1.54, 1.807) is 7.11 Å². The quantitative estimate of drug-likeness (QED) is 0.520. The van der Waals surface area contributed by atoms with Crippen LogP contribution in [0.3, 0.4) is 0 Å². The lowest BCUT2D eigenvalue weighted by Gasteiger charge is -2.19. The normalized spacial score (nSPS) is 10.6. The minimum absolute atomic E-state index is 0.0482. The predicted octanol–water partition coefficient (Wildman–Crippen LogP) is 3.57. The van der Waals surface area contributed by atoms with Gasteiger partial charge in [-0.15, -0.1) is 0 Å². The Balaban J connectivity index is 1.49. The second-order valence-electron chi connectivity index (χ2n) is 6.48. The van der Waals surface area contributed by atoms with Crippen LogP contribution in [0.25, 0.3) is 0 Å². The van der Waals surface area contributed by atoms with Gasteiger partial charge in [-0.25, -0.2) is 0 Å². The molecular formula is C24H26N2O3. The van der Waals surface area contributed by atoms with Crippen molar-refractivity contribution in [3.63, 3.8) is 0 Å². The molecule has 0 aliphatic heterocycles. The van der Waals surface area contributed by atoms with Crippen molar-refractivity contribution in [1.82, 2.24) is 10.6 Å². The number of hydrogen-bond donors (Lipinski definition) is 2. The fraction of sp³-hybridized carbons (Fsp3) is 0.208. The zero-order valence-corrected chi connectivity index (χ0v) is 16.5. The fourth-order valence-corrected chi connectivity index (χ4v) is 3.07. The molecule has 0 aliphatic rings. The molecule has 5 nitrogen and oxygen atoms in total. The molecular weight excluding hydrogens is 364 g/mol. The summed E-state index contributed by atoms with van der Waals surface area (Å²) in [4.78, 5) is 12.3. The molecule has 2 N–H and O–H groups in total. The first kappa shape index (κ1) is 20.4. The van der Waals surface area contributed by atoms with Crippen LogP contribution < -0.4 is 20.1 Å². The van der Waals surface area contributed by atoms with Crippen LogP contribution in [0, 0.1) is 0 Å². The van der Waals surface area contributed by atoms with Crippen LogP contribution in [-0.4, -0.2) is 32.7 Å². The first-order chi connectivity index (χ1) is 14.3. The van der Waals surface area contributed by atoms with Gasteiger partial charge in [0.15, 0.2) is 11.5 Å². The topological polar surface area (TPSA) is 59.6 Å². The monoisotopic (exact) mass is 390 g/mol. The Labute approximate surface area is 171 Å². The standard InChI is InChI=1S/C24H26N2O3/c1-28-21-14-8-9-15-22(21)29-17-16-25-23(27)18-26-24(19-10-4-2-5-11-19)20-12-6-3-7-13-20/h2-15,24,26H,16-18H2,1H3,(H,25,27). The summed E-state index contributed by atoms with van der Waals surface area (Å²) < 4.78 is 10.9.